The van der Waals surface area contributed by atoms with E-state index >= 15 is 0 Å². The molecule has 42 heavy (non-hydrogen) atoms. The molecule has 0 amide bonds. The van der Waals surface area contributed by atoms with Gasteiger partial charge in [0.15, 0.2) is 0 Å². The van der Waals surface area contributed by atoms with Crippen molar-refractivity contribution >= 4 is 33.5 Å². The molecule has 0 heterocycles. The Kier molecular flexibility index (Phi) is 6.96. The highest BCUT2D eigenvalue weighted by atomic mass is 16.4. The Morgan fingerprint density at radius 1 is 0.429 bits per heavy atom. The highest BCUT2D eigenvalue weighted by Gasteiger charge is 2.14. The van der Waals surface area contributed by atoms with Crippen molar-refractivity contribution in [1.82, 2.24) is 0 Å². The molecular formula is C38H22O4. The lowest BCUT2D eigenvalue weighted by molar-refractivity contribution is 0.0686. The summed E-state index contributed by atoms with van der Waals surface area (Å²) in [6.45, 7) is 0. The van der Waals surface area contributed by atoms with E-state index < -0.39 is 11.9 Å². The number of fused-ring (bicyclic) bond motifs is 2. The van der Waals surface area contributed by atoms with Crippen molar-refractivity contribution in [3.8, 4) is 34.8 Å². The molecule has 0 unspecified atom stereocenters. The molecule has 4 nitrogen and oxygen atoms in total. The maximum Gasteiger partial charge on any atom is 0.335 e. The summed E-state index contributed by atoms with van der Waals surface area (Å²) in [4.78, 5) is 23.7. The van der Waals surface area contributed by atoms with Crippen LogP contribution in [-0.2, 0) is 0 Å². The summed E-state index contributed by atoms with van der Waals surface area (Å²) >= 11 is 0. The van der Waals surface area contributed by atoms with Crippen LogP contribution in [0.25, 0.3) is 32.7 Å². The summed E-state index contributed by atoms with van der Waals surface area (Å²) in [5.74, 6) is 10.7. The Morgan fingerprint density at radius 2 is 0.810 bits per heavy atom. The van der Waals surface area contributed by atoms with Crippen LogP contribution in [0.3, 0.4) is 0 Å². The molecular weight excluding hydrogens is 520 g/mol. The van der Waals surface area contributed by atoms with E-state index in [-0.39, 0.29) is 11.1 Å². The number of carbonyl (C=O) groups is 2. The molecule has 6 rings (SSSR count). The minimum Gasteiger partial charge on any atom is -0.478 e. The van der Waals surface area contributed by atoms with E-state index in [1.807, 2.05) is 84.9 Å². The average Bonchev–Trinajstić information content (AvgIpc) is 3.02. The van der Waals surface area contributed by atoms with Crippen molar-refractivity contribution < 1.29 is 19.8 Å². The fourth-order valence-electron chi connectivity index (χ4n) is 4.97. The lowest BCUT2D eigenvalue weighted by Gasteiger charge is -2.10. The molecule has 0 fully saturated rings. The minimum atomic E-state index is -1.06. The van der Waals surface area contributed by atoms with Gasteiger partial charge in [-0.25, -0.2) is 9.59 Å². The van der Waals surface area contributed by atoms with Crippen molar-refractivity contribution in [3.63, 3.8) is 0 Å². The molecule has 6 aromatic rings. The number of carboxylic acid groups (broad SMARTS) is 2. The highest BCUT2D eigenvalue weighted by molar-refractivity contribution is 5.93. The third-order valence-electron chi connectivity index (χ3n) is 7.07. The molecule has 0 aliphatic carbocycles. The number of hydrogen-bond acceptors (Lipinski definition) is 2. The fourth-order valence-corrected chi connectivity index (χ4v) is 4.97. The van der Waals surface area contributed by atoms with E-state index in [0.29, 0.717) is 22.3 Å². The molecule has 4 heteroatoms. The molecule has 0 aliphatic rings. The first-order valence-corrected chi connectivity index (χ1v) is 13.2. The molecule has 0 bridgehead atoms. The second kappa shape index (κ2) is 11.2. The molecule has 0 atom stereocenters. The van der Waals surface area contributed by atoms with E-state index in [4.69, 9.17) is 0 Å². The van der Waals surface area contributed by atoms with Gasteiger partial charge < -0.3 is 10.2 Å². The zero-order valence-corrected chi connectivity index (χ0v) is 22.3. The summed E-state index contributed by atoms with van der Waals surface area (Å²) in [6.07, 6.45) is 0. The fraction of sp³-hybridized carbons (Fsp3) is 0. The Bertz CT molecular complexity index is 2000. The van der Waals surface area contributed by atoms with Gasteiger partial charge >= 0.3 is 11.9 Å². The van der Waals surface area contributed by atoms with Crippen LogP contribution in [0.15, 0.2) is 121 Å². The van der Waals surface area contributed by atoms with Crippen LogP contribution in [0.4, 0.5) is 0 Å². The summed E-state index contributed by atoms with van der Waals surface area (Å²) in [5, 5.41) is 23.5. The zero-order valence-electron chi connectivity index (χ0n) is 22.3. The second-order valence-corrected chi connectivity index (χ2v) is 9.68. The first kappa shape index (κ1) is 26.1. The second-order valence-electron chi connectivity index (χ2n) is 9.68. The standard InChI is InChI=1S/C38H22O4/c39-37(40)31-19-21-35(29(23-31)17-15-27-11-5-9-25-7-1-3-13-33(25)27)36-22-20-32(38(41)42)24-30(36)18-16-28-12-6-10-26-8-2-4-14-34(26)28/h1-14,19-24H,(H,39,40)(H,41,42). The largest absolute Gasteiger partial charge is 0.478 e. The van der Waals surface area contributed by atoms with Crippen molar-refractivity contribution in [2.45, 2.75) is 0 Å². The van der Waals surface area contributed by atoms with E-state index in [1.165, 1.54) is 12.1 Å². The van der Waals surface area contributed by atoms with Crippen LogP contribution >= 0.6 is 0 Å². The SMILES string of the molecule is O=C(O)c1ccc(-c2ccc(C(=O)O)cc2C#Cc2cccc3ccccc23)c(C#Cc2cccc3ccccc23)c1. The van der Waals surface area contributed by atoms with Gasteiger partial charge in [-0.3, -0.25) is 0 Å². The van der Waals surface area contributed by atoms with Gasteiger partial charge in [0, 0.05) is 22.3 Å². The van der Waals surface area contributed by atoms with Crippen LogP contribution < -0.4 is 0 Å². The van der Waals surface area contributed by atoms with Crippen molar-refractivity contribution in [2.24, 2.45) is 0 Å². The van der Waals surface area contributed by atoms with Gasteiger partial charge in [-0.15, -0.1) is 0 Å². The molecule has 0 saturated carbocycles. The summed E-state index contributed by atoms with van der Waals surface area (Å²) in [7, 11) is 0. The van der Waals surface area contributed by atoms with E-state index in [0.717, 1.165) is 32.7 Å². The predicted octanol–water partition coefficient (Wildman–Crippen LogP) is 7.86. The third-order valence-corrected chi connectivity index (χ3v) is 7.07. The lowest BCUT2D eigenvalue weighted by atomic mass is 9.92. The van der Waals surface area contributed by atoms with E-state index in [1.54, 1.807) is 24.3 Å². The quantitative estimate of drug-likeness (QED) is 0.223. The van der Waals surface area contributed by atoms with E-state index in [9.17, 15) is 19.8 Å². The van der Waals surface area contributed by atoms with Crippen LogP contribution in [0.1, 0.15) is 43.0 Å². The average molecular weight is 543 g/mol. The zero-order chi connectivity index (χ0) is 29.1. The van der Waals surface area contributed by atoms with Gasteiger partial charge in [0.25, 0.3) is 0 Å². The molecule has 0 spiro atoms. The van der Waals surface area contributed by atoms with Crippen molar-refractivity contribution in [2.75, 3.05) is 0 Å². The Hall–Kier alpha value is -6.10. The number of aromatic carboxylic acids is 2. The van der Waals surface area contributed by atoms with Crippen molar-refractivity contribution in [3.05, 3.63) is 155 Å². The summed E-state index contributed by atoms with van der Waals surface area (Å²) < 4.78 is 0. The molecule has 2 N–H and O–H groups in total. The van der Waals surface area contributed by atoms with Gasteiger partial charge in [-0.05, 0) is 69.1 Å². The first-order valence-electron chi connectivity index (χ1n) is 13.2. The first-order chi connectivity index (χ1) is 20.5. The van der Waals surface area contributed by atoms with Crippen LogP contribution in [0.5, 0.6) is 0 Å². The van der Waals surface area contributed by atoms with E-state index in [2.05, 4.69) is 23.7 Å². The normalized spacial score (nSPS) is 10.4. The summed E-state index contributed by atoms with van der Waals surface area (Å²) in [5.41, 5.74) is 4.16. The van der Waals surface area contributed by atoms with Gasteiger partial charge in [0.2, 0.25) is 0 Å². The topological polar surface area (TPSA) is 74.6 Å². The molecule has 198 valence electrons. The Morgan fingerprint density at radius 3 is 1.24 bits per heavy atom. The number of hydrogen-bond donors (Lipinski definition) is 2. The highest BCUT2D eigenvalue weighted by Crippen LogP contribution is 2.29. The monoisotopic (exact) mass is 542 g/mol. The van der Waals surface area contributed by atoms with Gasteiger partial charge in [-0.2, -0.15) is 0 Å². The molecule has 0 saturated heterocycles. The Balaban J connectivity index is 1.54. The molecule has 0 aliphatic heterocycles. The van der Waals surface area contributed by atoms with Crippen LogP contribution in [0, 0.1) is 23.7 Å². The predicted molar refractivity (Wildman–Crippen MR) is 166 cm³/mol. The van der Waals surface area contributed by atoms with Crippen molar-refractivity contribution in [1.29, 1.82) is 0 Å². The van der Waals surface area contributed by atoms with Crippen LogP contribution in [0.2, 0.25) is 0 Å². The number of carboxylic acids is 2. The smallest absolute Gasteiger partial charge is 0.335 e. The minimum absolute atomic E-state index is 0.103. The number of rotatable bonds is 3. The third kappa shape index (κ3) is 5.21. The maximum absolute atomic E-state index is 11.9. The Labute approximate surface area is 242 Å². The molecule has 0 radical (unpaired) electrons. The molecule has 0 aromatic heterocycles. The number of benzene rings is 6. The lowest BCUT2D eigenvalue weighted by Crippen LogP contribution is -2.00. The van der Waals surface area contributed by atoms with Gasteiger partial charge in [0.1, 0.15) is 0 Å². The van der Waals surface area contributed by atoms with Crippen LogP contribution in [-0.4, -0.2) is 22.2 Å². The molecule has 6 aromatic carbocycles. The summed E-state index contributed by atoms with van der Waals surface area (Å²) in [6, 6.07) is 37.2. The maximum atomic E-state index is 11.9. The van der Waals surface area contributed by atoms with Gasteiger partial charge in [-0.1, -0.05) is 109 Å². The van der Waals surface area contributed by atoms with Gasteiger partial charge in [0.05, 0.1) is 11.1 Å².